The third kappa shape index (κ3) is 7.87. The van der Waals surface area contributed by atoms with Crippen molar-refractivity contribution < 1.29 is 9.53 Å². The molecule has 1 atom stereocenters. The molecule has 0 saturated heterocycles. The number of nitrogens with one attached hydrogen (secondary N) is 2. The second-order valence-corrected chi connectivity index (χ2v) is 13.9. The van der Waals surface area contributed by atoms with E-state index in [1.807, 2.05) is 20.8 Å². The molecule has 0 fully saturated rings. The Morgan fingerprint density at radius 1 is 1.19 bits per heavy atom. The van der Waals surface area contributed by atoms with Gasteiger partial charge >= 0.3 is 232 Å². The summed E-state index contributed by atoms with van der Waals surface area (Å²) in [6.07, 6.45) is 12.0. The summed E-state index contributed by atoms with van der Waals surface area (Å²) in [5.41, 5.74) is 7.89. The molecular formula is C34H51BN4O2S. The van der Waals surface area contributed by atoms with Gasteiger partial charge in [-0.15, -0.1) is 0 Å². The normalized spacial score (nSPS) is 18.4. The number of likely N-dealkylation sites (N-methyl/N-ethyl adjacent to an activating group) is 1. The van der Waals surface area contributed by atoms with E-state index in [-0.39, 0.29) is 11.6 Å². The van der Waals surface area contributed by atoms with Crippen molar-refractivity contribution in [2.45, 2.75) is 105 Å². The number of carbonyl (C=O) groups excluding carboxylic acids is 1. The van der Waals surface area contributed by atoms with E-state index < -0.39 is 0 Å². The molecule has 1 unspecified atom stereocenters. The molecule has 1 aliphatic heterocycles. The van der Waals surface area contributed by atoms with Crippen molar-refractivity contribution >= 4 is 41.2 Å². The summed E-state index contributed by atoms with van der Waals surface area (Å²) in [5.74, 6) is 0.417. The molecule has 2 amide bonds. The number of urea groups is 1. The summed E-state index contributed by atoms with van der Waals surface area (Å²) in [7, 11) is 4.32. The van der Waals surface area contributed by atoms with Gasteiger partial charge in [0.15, 0.2) is 0 Å². The average Bonchev–Trinajstić information content (AvgIpc) is 3.60. The van der Waals surface area contributed by atoms with Gasteiger partial charge in [0.2, 0.25) is 0 Å². The first-order chi connectivity index (χ1) is 20.0. The van der Waals surface area contributed by atoms with Crippen LogP contribution in [0.5, 0.6) is 0 Å². The first-order valence-corrected chi connectivity index (χ1v) is 16.7. The zero-order valence-electron chi connectivity index (χ0n) is 27.0. The van der Waals surface area contributed by atoms with Gasteiger partial charge in [-0.25, -0.2) is 0 Å². The van der Waals surface area contributed by atoms with Crippen LogP contribution in [-0.4, -0.2) is 60.4 Å². The predicted molar refractivity (Wildman–Crippen MR) is 181 cm³/mol. The fourth-order valence-corrected chi connectivity index (χ4v) is 7.70. The van der Waals surface area contributed by atoms with E-state index in [1.54, 1.807) is 11.3 Å². The number of hydrogen-bond acceptors (Lipinski definition) is 4. The maximum atomic E-state index is 13.6. The van der Waals surface area contributed by atoms with Crippen LogP contribution in [0.1, 0.15) is 109 Å². The van der Waals surface area contributed by atoms with Crippen molar-refractivity contribution in [3.05, 3.63) is 57.2 Å². The number of fused-ring (bicyclic) bond motifs is 1. The van der Waals surface area contributed by atoms with Gasteiger partial charge in [-0.3, -0.25) is 0 Å². The molecular weight excluding hydrogens is 539 g/mol. The summed E-state index contributed by atoms with van der Waals surface area (Å²) >= 11 is 1.68. The molecule has 8 heteroatoms. The Hall–Kier alpha value is -2.58. The molecule has 0 spiro atoms. The van der Waals surface area contributed by atoms with Crippen molar-refractivity contribution in [1.82, 2.24) is 14.8 Å². The van der Waals surface area contributed by atoms with Gasteiger partial charge in [0.05, 0.1) is 0 Å². The summed E-state index contributed by atoms with van der Waals surface area (Å²) in [6, 6.07) is 3.92. The molecule has 42 heavy (non-hydrogen) atoms. The number of carbonyl (C=O) groups is 1. The fraction of sp³-hybridized carbons (Fsp3) is 0.588. The Balaban J connectivity index is 1.62. The topological polar surface area (TPSA) is 58.5 Å². The van der Waals surface area contributed by atoms with E-state index in [9.17, 15) is 4.79 Å². The summed E-state index contributed by atoms with van der Waals surface area (Å²) in [5, 5.41) is 7.31. The number of allylic oxidation sites excluding steroid dienone is 1. The molecule has 4 rings (SSSR count). The minimum absolute atomic E-state index is 0.189. The maximum absolute atomic E-state index is 13.6. The summed E-state index contributed by atoms with van der Waals surface area (Å²) < 4.78 is 8.42. The zero-order chi connectivity index (χ0) is 30.4. The van der Waals surface area contributed by atoms with Crippen LogP contribution in [0.2, 0.25) is 0 Å². The Bertz CT molecular complexity index is 1320. The fourth-order valence-electron chi connectivity index (χ4n) is 6.32. The Morgan fingerprint density at radius 3 is 2.60 bits per heavy atom. The molecule has 2 aromatic rings. The number of amides is 2. The number of nitrogens with zero attached hydrogens (tertiary/aromatic N) is 2. The van der Waals surface area contributed by atoms with Crippen molar-refractivity contribution in [3.63, 3.8) is 0 Å². The molecule has 2 aliphatic rings. The zero-order valence-corrected chi connectivity index (χ0v) is 27.8. The van der Waals surface area contributed by atoms with Crippen molar-refractivity contribution in [2.24, 2.45) is 0 Å². The molecule has 2 N–H and O–H groups in total. The third-order valence-corrected chi connectivity index (χ3v) is 9.69. The van der Waals surface area contributed by atoms with Crippen LogP contribution in [0.25, 0.3) is 5.70 Å². The van der Waals surface area contributed by atoms with Gasteiger partial charge in [-0.05, 0) is 6.54 Å². The van der Waals surface area contributed by atoms with Crippen molar-refractivity contribution in [3.8, 4) is 0 Å². The number of hydrogen-bond donors (Lipinski definition) is 2. The van der Waals surface area contributed by atoms with E-state index in [0.717, 1.165) is 55.9 Å². The van der Waals surface area contributed by atoms with Gasteiger partial charge in [0.25, 0.3) is 0 Å². The van der Waals surface area contributed by atoms with Crippen LogP contribution in [0.15, 0.2) is 41.2 Å². The van der Waals surface area contributed by atoms with E-state index in [4.69, 9.17) is 4.74 Å². The Morgan fingerprint density at radius 2 is 1.93 bits per heavy atom. The van der Waals surface area contributed by atoms with Gasteiger partial charge in [-0.1, -0.05) is 20.3 Å². The molecule has 3 heterocycles. The second kappa shape index (κ2) is 14.3. The van der Waals surface area contributed by atoms with Gasteiger partial charge in [-0.2, -0.15) is 0 Å². The van der Waals surface area contributed by atoms with Crippen LogP contribution in [0, 0.1) is 0 Å². The van der Waals surface area contributed by atoms with Crippen LogP contribution < -0.4 is 10.6 Å². The Kier molecular flexibility index (Phi) is 11.0. The number of ether oxygens (including phenoxy) is 1. The van der Waals surface area contributed by atoms with Crippen LogP contribution >= 0.6 is 11.3 Å². The van der Waals surface area contributed by atoms with E-state index in [2.05, 4.69) is 79.8 Å². The first kappa shape index (κ1) is 32.3. The standard InChI is InChI=1S/C34H51BN4O2S/c1-8-10-15-25-22-38(9-2)20-17-26(25)27(24(4)39-18-11-12-19-39)21-36-33(40)37-32-30(31(35)41-34(5,6)7)29-23(3)14-13-16-28(29)42-32/h11-12,18-19,23,35H,8-10,13-17,20-22H2,1-7H3,(H2,36,37,40)/b27-24+. The Labute approximate surface area is 258 Å². The number of rotatable bonds is 11. The molecule has 6 nitrogen and oxygen atoms in total. The molecule has 0 radical (unpaired) electrons. The minimum atomic E-state index is -0.365. The SMILES string of the molecule is B=C(OC(C)(C)C)c1c(NC(=O)NC/C(C2=C(CCCC)CN(CC)CC2)=C(/C)n2cccc2)sc2c1C(C)CCC2. The second-order valence-electron chi connectivity index (χ2n) is 12.8. The van der Waals surface area contributed by atoms with E-state index >= 15 is 0 Å². The van der Waals surface area contributed by atoms with Crippen LogP contribution in [-0.2, 0) is 11.2 Å². The van der Waals surface area contributed by atoms with Crippen LogP contribution in [0.4, 0.5) is 9.80 Å². The number of aryl methyl sites for hydroxylation is 1. The quantitative estimate of drug-likeness (QED) is 0.267. The molecule has 228 valence electrons. The van der Waals surface area contributed by atoms with Gasteiger partial charge in [0.1, 0.15) is 0 Å². The van der Waals surface area contributed by atoms with Gasteiger partial charge in [0, 0.05) is 0 Å². The molecule has 0 saturated carbocycles. The van der Waals surface area contributed by atoms with Crippen LogP contribution in [0.3, 0.4) is 0 Å². The number of thiophene rings is 1. The average molecular weight is 591 g/mol. The predicted octanol–water partition coefficient (Wildman–Crippen LogP) is 7.45. The van der Waals surface area contributed by atoms with E-state index in [0.29, 0.717) is 18.1 Å². The van der Waals surface area contributed by atoms with Gasteiger partial charge < -0.3 is 0 Å². The number of unbranched alkanes of at least 4 members (excludes halogenated alkanes) is 1. The molecule has 0 bridgehead atoms. The molecule has 0 aromatic carbocycles. The van der Waals surface area contributed by atoms with Crippen molar-refractivity contribution in [1.29, 1.82) is 0 Å². The monoisotopic (exact) mass is 590 g/mol. The first-order valence-electron chi connectivity index (χ1n) is 15.9. The third-order valence-electron chi connectivity index (χ3n) is 8.51. The number of anilines is 1. The molecule has 1 aliphatic carbocycles. The van der Waals surface area contributed by atoms with Crippen molar-refractivity contribution in [2.75, 3.05) is 31.5 Å². The van der Waals surface area contributed by atoms with E-state index in [1.165, 1.54) is 52.1 Å². The number of aromatic nitrogens is 1. The molecule has 2 aromatic heterocycles. The summed E-state index contributed by atoms with van der Waals surface area (Å²) in [4.78, 5) is 17.5. The summed E-state index contributed by atoms with van der Waals surface area (Å²) in [6.45, 7) is 18.7.